The van der Waals surface area contributed by atoms with Gasteiger partial charge in [0.25, 0.3) is 0 Å². The number of hydrogen-bond acceptors (Lipinski definition) is 2. The number of carbonyl (C=O) groups is 1. The van der Waals surface area contributed by atoms with Crippen LogP contribution in [0.1, 0.15) is 64.7 Å². The first-order valence-corrected chi connectivity index (χ1v) is 8.62. The SMILES string of the molecule is CCC(CCN)NC(=O)CC12CC3CC(CC(C3)C1)C2. The summed E-state index contributed by atoms with van der Waals surface area (Å²) in [4.78, 5) is 12.4. The molecule has 4 aliphatic carbocycles. The minimum absolute atomic E-state index is 0.279. The Labute approximate surface area is 123 Å². The van der Waals surface area contributed by atoms with E-state index >= 15 is 0 Å². The molecule has 0 aliphatic heterocycles. The molecule has 3 N–H and O–H groups in total. The zero-order chi connectivity index (χ0) is 14.2. The molecule has 0 heterocycles. The quantitative estimate of drug-likeness (QED) is 0.785. The molecule has 4 rings (SSSR count). The molecule has 114 valence electrons. The Morgan fingerprint density at radius 2 is 1.75 bits per heavy atom. The van der Waals surface area contributed by atoms with Crippen molar-refractivity contribution in [2.45, 2.75) is 70.8 Å². The Bertz CT molecular complexity index is 331. The molecule has 4 fully saturated rings. The van der Waals surface area contributed by atoms with E-state index in [0.29, 0.717) is 12.0 Å². The van der Waals surface area contributed by atoms with Crippen LogP contribution in [0.5, 0.6) is 0 Å². The van der Waals surface area contributed by atoms with Crippen molar-refractivity contribution in [1.82, 2.24) is 5.32 Å². The summed E-state index contributed by atoms with van der Waals surface area (Å²) in [5, 5.41) is 3.22. The van der Waals surface area contributed by atoms with Gasteiger partial charge in [-0.3, -0.25) is 4.79 Å². The molecule has 4 bridgehead atoms. The van der Waals surface area contributed by atoms with Crippen molar-refractivity contribution in [3.63, 3.8) is 0 Å². The van der Waals surface area contributed by atoms with Crippen molar-refractivity contribution in [2.75, 3.05) is 6.54 Å². The summed E-state index contributed by atoms with van der Waals surface area (Å²) in [6.07, 6.45) is 11.0. The molecular formula is C17H30N2O. The van der Waals surface area contributed by atoms with Crippen LogP contribution in [0.25, 0.3) is 0 Å². The standard InChI is InChI=1S/C17H30N2O/c1-2-15(3-4-18)19-16(20)11-17-8-12-5-13(9-17)7-14(6-12)10-17/h12-15H,2-11,18H2,1H3,(H,19,20). The first-order chi connectivity index (χ1) is 9.62. The lowest BCUT2D eigenvalue weighted by molar-refractivity contribution is -0.130. The Morgan fingerprint density at radius 1 is 1.20 bits per heavy atom. The van der Waals surface area contributed by atoms with Crippen LogP contribution in [-0.4, -0.2) is 18.5 Å². The topological polar surface area (TPSA) is 55.1 Å². The second kappa shape index (κ2) is 5.67. The van der Waals surface area contributed by atoms with Gasteiger partial charge in [-0.1, -0.05) is 6.92 Å². The van der Waals surface area contributed by atoms with Crippen LogP contribution in [0.2, 0.25) is 0 Å². The number of carbonyl (C=O) groups excluding carboxylic acids is 1. The van der Waals surface area contributed by atoms with Crippen molar-refractivity contribution in [1.29, 1.82) is 0 Å². The third-order valence-corrected chi connectivity index (χ3v) is 6.07. The summed E-state index contributed by atoms with van der Waals surface area (Å²) >= 11 is 0. The molecule has 0 spiro atoms. The lowest BCUT2D eigenvalue weighted by atomic mass is 9.49. The summed E-state index contributed by atoms with van der Waals surface area (Å²) in [5.74, 6) is 3.08. The van der Waals surface area contributed by atoms with E-state index in [1.165, 1.54) is 38.5 Å². The second-order valence-corrected chi connectivity index (χ2v) is 7.84. The van der Waals surface area contributed by atoms with Gasteiger partial charge in [-0.25, -0.2) is 0 Å². The zero-order valence-electron chi connectivity index (χ0n) is 12.9. The zero-order valence-corrected chi connectivity index (χ0v) is 12.9. The van der Waals surface area contributed by atoms with Crippen LogP contribution >= 0.6 is 0 Å². The minimum atomic E-state index is 0.279. The van der Waals surface area contributed by atoms with Crippen molar-refractivity contribution in [2.24, 2.45) is 28.9 Å². The van der Waals surface area contributed by atoms with Crippen LogP contribution < -0.4 is 11.1 Å². The molecule has 0 radical (unpaired) electrons. The van der Waals surface area contributed by atoms with Gasteiger partial charge in [-0.05, 0) is 81.1 Å². The molecule has 3 nitrogen and oxygen atoms in total. The predicted molar refractivity (Wildman–Crippen MR) is 81.1 cm³/mol. The Hall–Kier alpha value is -0.570. The second-order valence-electron chi connectivity index (χ2n) is 7.84. The van der Waals surface area contributed by atoms with Gasteiger partial charge in [0, 0.05) is 12.5 Å². The van der Waals surface area contributed by atoms with Crippen molar-refractivity contribution >= 4 is 5.91 Å². The molecule has 4 aliphatic rings. The van der Waals surface area contributed by atoms with E-state index in [1.54, 1.807) is 0 Å². The van der Waals surface area contributed by atoms with Crippen LogP contribution in [0.3, 0.4) is 0 Å². The minimum Gasteiger partial charge on any atom is -0.353 e. The molecule has 1 atom stereocenters. The summed E-state index contributed by atoms with van der Waals surface area (Å²) < 4.78 is 0. The normalized spacial score (nSPS) is 39.8. The Morgan fingerprint density at radius 3 is 2.20 bits per heavy atom. The third kappa shape index (κ3) is 2.88. The molecular weight excluding hydrogens is 248 g/mol. The highest BCUT2D eigenvalue weighted by Crippen LogP contribution is 2.61. The van der Waals surface area contributed by atoms with Crippen molar-refractivity contribution in [3.8, 4) is 0 Å². The highest BCUT2D eigenvalue weighted by atomic mass is 16.1. The smallest absolute Gasteiger partial charge is 0.220 e. The van der Waals surface area contributed by atoms with E-state index in [1.807, 2.05) is 0 Å². The molecule has 0 aromatic carbocycles. The highest BCUT2D eigenvalue weighted by molar-refractivity contribution is 5.77. The van der Waals surface area contributed by atoms with Gasteiger partial charge in [0.15, 0.2) is 0 Å². The Kier molecular flexibility index (Phi) is 4.07. The monoisotopic (exact) mass is 278 g/mol. The number of rotatable bonds is 6. The molecule has 0 saturated heterocycles. The average Bonchev–Trinajstić information content (AvgIpc) is 2.35. The number of hydrogen-bond donors (Lipinski definition) is 2. The van der Waals surface area contributed by atoms with E-state index < -0.39 is 0 Å². The molecule has 0 aromatic heterocycles. The number of nitrogens with one attached hydrogen (secondary N) is 1. The van der Waals surface area contributed by atoms with E-state index in [2.05, 4.69) is 12.2 Å². The Balaban J connectivity index is 1.58. The van der Waals surface area contributed by atoms with Gasteiger partial charge >= 0.3 is 0 Å². The largest absolute Gasteiger partial charge is 0.353 e. The summed E-state index contributed by atoms with van der Waals surface area (Å²) in [6, 6.07) is 0.279. The van der Waals surface area contributed by atoms with Gasteiger partial charge in [-0.15, -0.1) is 0 Å². The fourth-order valence-electron chi connectivity index (χ4n) is 5.71. The molecule has 3 heteroatoms. The maximum atomic E-state index is 12.4. The van der Waals surface area contributed by atoms with E-state index in [9.17, 15) is 4.79 Å². The van der Waals surface area contributed by atoms with E-state index in [-0.39, 0.29) is 11.9 Å². The lowest BCUT2D eigenvalue weighted by Crippen LogP contribution is -2.48. The van der Waals surface area contributed by atoms with Crippen LogP contribution in [0, 0.1) is 23.2 Å². The summed E-state index contributed by atoms with van der Waals surface area (Å²) in [6.45, 7) is 2.79. The van der Waals surface area contributed by atoms with E-state index in [4.69, 9.17) is 5.73 Å². The molecule has 0 aromatic rings. The summed E-state index contributed by atoms with van der Waals surface area (Å²) in [7, 11) is 0. The number of amides is 1. The molecule has 4 saturated carbocycles. The van der Waals surface area contributed by atoms with Gasteiger partial charge in [0.05, 0.1) is 0 Å². The van der Waals surface area contributed by atoms with Gasteiger partial charge in [0.2, 0.25) is 5.91 Å². The lowest BCUT2D eigenvalue weighted by Gasteiger charge is -2.56. The van der Waals surface area contributed by atoms with Gasteiger partial charge < -0.3 is 11.1 Å². The summed E-state index contributed by atoms with van der Waals surface area (Å²) in [5.41, 5.74) is 5.98. The van der Waals surface area contributed by atoms with Crippen LogP contribution in [-0.2, 0) is 4.79 Å². The maximum Gasteiger partial charge on any atom is 0.220 e. The van der Waals surface area contributed by atoms with Gasteiger partial charge in [-0.2, -0.15) is 0 Å². The predicted octanol–water partition coefficient (Wildman–Crippen LogP) is 2.84. The van der Waals surface area contributed by atoms with Crippen LogP contribution in [0.15, 0.2) is 0 Å². The third-order valence-electron chi connectivity index (χ3n) is 6.07. The highest BCUT2D eigenvalue weighted by Gasteiger charge is 2.51. The molecule has 20 heavy (non-hydrogen) atoms. The van der Waals surface area contributed by atoms with Crippen LogP contribution in [0.4, 0.5) is 0 Å². The van der Waals surface area contributed by atoms with Gasteiger partial charge in [0.1, 0.15) is 0 Å². The van der Waals surface area contributed by atoms with Crippen molar-refractivity contribution < 1.29 is 4.79 Å². The molecule has 1 amide bonds. The van der Waals surface area contributed by atoms with Crippen molar-refractivity contribution in [3.05, 3.63) is 0 Å². The fraction of sp³-hybridized carbons (Fsp3) is 0.941. The first kappa shape index (κ1) is 14.4. The average molecular weight is 278 g/mol. The fourth-order valence-corrected chi connectivity index (χ4v) is 5.71. The number of nitrogens with two attached hydrogens (primary N) is 1. The van der Waals surface area contributed by atoms with E-state index in [0.717, 1.165) is 37.0 Å². The molecule has 1 unspecified atom stereocenters. The first-order valence-electron chi connectivity index (χ1n) is 8.62. The maximum absolute atomic E-state index is 12.4.